The Balaban J connectivity index is 1.79. The standard InChI is InChI=1S/C15H13F2N5O3S/c1-3-14(16,17)15(20-21-15)9-25-13-8-10(2)18-22(13)12-6-4-11(5-7-12)19-26(23)24/h1,4-8,19H,9H2,2H3,(H,23,24). The normalized spacial score (nSPS) is 16.0. The van der Waals surface area contributed by atoms with Gasteiger partial charge in [0.15, 0.2) is 0 Å². The van der Waals surface area contributed by atoms with Crippen molar-refractivity contribution in [2.45, 2.75) is 18.5 Å². The summed E-state index contributed by atoms with van der Waals surface area (Å²) in [5, 5.41) is 11.0. The summed E-state index contributed by atoms with van der Waals surface area (Å²) in [5.74, 6) is -1.96. The van der Waals surface area contributed by atoms with Gasteiger partial charge >= 0.3 is 5.92 Å². The lowest BCUT2D eigenvalue weighted by molar-refractivity contribution is -0.00320. The number of alkyl halides is 2. The van der Waals surface area contributed by atoms with Crippen molar-refractivity contribution in [2.75, 3.05) is 11.3 Å². The number of halogens is 2. The molecule has 1 unspecified atom stereocenters. The minimum atomic E-state index is -3.54. The van der Waals surface area contributed by atoms with Crippen molar-refractivity contribution in [3.05, 3.63) is 36.0 Å². The van der Waals surface area contributed by atoms with E-state index in [1.807, 2.05) is 0 Å². The van der Waals surface area contributed by atoms with E-state index in [2.05, 4.69) is 20.0 Å². The Morgan fingerprint density at radius 2 is 2.08 bits per heavy atom. The van der Waals surface area contributed by atoms with Crippen LogP contribution in [-0.2, 0) is 11.3 Å². The molecule has 0 amide bonds. The van der Waals surface area contributed by atoms with Crippen LogP contribution in [0.5, 0.6) is 5.88 Å². The third-order valence-corrected chi connectivity index (χ3v) is 3.97. The van der Waals surface area contributed by atoms with E-state index < -0.39 is 29.5 Å². The second-order valence-corrected chi connectivity index (χ2v) is 6.16. The summed E-state index contributed by atoms with van der Waals surface area (Å²) in [7, 11) is 0. The number of hydrogen-bond donors (Lipinski definition) is 2. The van der Waals surface area contributed by atoms with Gasteiger partial charge in [-0.2, -0.15) is 13.9 Å². The summed E-state index contributed by atoms with van der Waals surface area (Å²) >= 11 is -2.19. The third kappa shape index (κ3) is 3.42. The van der Waals surface area contributed by atoms with Gasteiger partial charge in [-0.05, 0) is 37.1 Å². The fourth-order valence-corrected chi connectivity index (χ4v) is 2.50. The molecule has 26 heavy (non-hydrogen) atoms. The minimum Gasteiger partial charge on any atom is -0.472 e. The molecular formula is C15H13F2N5O3S. The third-order valence-electron chi connectivity index (χ3n) is 3.56. The summed E-state index contributed by atoms with van der Waals surface area (Å²) in [6.07, 6.45) is 4.84. The molecule has 0 radical (unpaired) electrons. The average Bonchev–Trinajstić information content (AvgIpc) is 3.31. The van der Waals surface area contributed by atoms with Gasteiger partial charge in [0.25, 0.3) is 16.9 Å². The molecular weight excluding hydrogens is 368 g/mol. The average molecular weight is 381 g/mol. The van der Waals surface area contributed by atoms with Crippen LogP contribution in [0.3, 0.4) is 0 Å². The second kappa shape index (κ2) is 6.47. The van der Waals surface area contributed by atoms with Crippen LogP contribution in [0.15, 0.2) is 40.6 Å². The van der Waals surface area contributed by atoms with Gasteiger partial charge < -0.3 is 4.74 Å². The van der Waals surface area contributed by atoms with Crippen molar-refractivity contribution in [3.8, 4) is 23.9 Å². The first kappa shape index (κ1) is 18.0. The molecule has 0 fully saturated rings. The Bertz CT molecular complexity index is 914. The Morgan fingerprint density at radius 3 is 2.62 bits per heavy atom. The van der Waals surface area contributed by atoms with E-state index in [1.165, 1.54) is 10.6 Å². The predicted molar refractivity (Wildman–Crippen MR) is 89.6 cm³/mol. The van der Waals surface area contributed by atoms with Crippen LogP contribution < -0.4 is 9.46 Å². The highest BCUT2D eigenvalue weighted by Gasteiger charge is 2.62. The number of terminal acetylenes is 1. The number of nitrogens with zero attached hydrogens (tertiary/aromatic N) is 4. The van der Waals surface area contributed by atoms with Crippen molar-refractivity contribution in [1.29, 1.82) is 0 Å². The molecule has 0 saturated carbocycles. The van der Waals surface area contributed by atoms with Crippen LogP contribution in [0, 0.1) is 19.3 Å². The van der Waals surface area contributed by atoms with Crippen molar-refractivity contribution in [3.63, 3.8) is 0 Å². The van der Waals surface area contributed by atoms with Crippen LogP contribution in [0.2, 0.25) is 0 Å². The van der Waals surface area contributed by atoms with Crippen molar-refractivity contribution in [1.82, 2.24) is 9.78 Å². The molecule has 1 aromatic heterocycles. The SMILES string of the molecule is C#CC(F)(F)C1(COc2cc(C)nn2-c2ccc(NS(=O)O)cc2)N=N1. The Morgan fingerprint density at radius 1 is 1.42 bits per heavy atom. The van der Waals surface area contributed by atoms with Crippen LogP contribution in [0.25, 0.3) is 5.69 Å². The molecule has 8 nitrogen and oxygen atoms in total. The molecule has 0 bridgehead atoms. The van der Waals surface area contributed by atoms with E-state index in [9.17, 15) is 13.0 Å². The zero-order chi connectivity index (χ0) is 18.9. The topological polar surface area (TPSA) is 101 Å². The largest absolute Gasteiger partial charge is 0.472 e. The zero-order valence-electron chi connectivity index (χ0n) is 13.4. The van der Waals surface area contributed by atoms with Gasteiger partial charge in [-0.1, -0.05) is 0 Å². The zero-order valence-corrected chi connectivity index (χ0v) is 14.2. The molecule has 11 heteroatoms. The number of nitrogens with one attached hydrogen (secondary N) is 1. The monoisotopic (exact) mass is 381 g/mol. The van der Waals surface area contributed by atoms with Crippen molar-refractivity contribution in [2.24, 2.45) is 10.2 Å². The van der Waals surface area contributed by atoms with E-state index >= 15 is 0 Å². The molecule has 0 spiro atoms. The van der Waals surface area contributed by atoms with E-state index in [1.54, 1.807) is 37.3 Å². The van der Waals surface area contributed by atoms with Crippen LogP contribution in [0.4, 0.5) is 14.5 Å². The predicted octanol–water partition coefficient (Wildman–Crippen LogP) is 2.54. The fourth-order valence-electron chi connectivity index (χ4n) is 2.16. The highest BCUT2D eigenvalue weighted by molar-refractivity contribution is 7.80. The number of ether oxygens (including phenoxy) is 1. The van der Waals surface area contributed by atoms with E-state index in [0.717, 1.165) is 0 Å². The maximum atomic E-state index is 13.7. The number of aryl methyl sites for hydroxylation is 1. The number of benzene rings is 1. The molecule has 1 aliphatic heterocycles. The Kier molecular flexibility index (Phi) is 4.47. The minimum absolute atomic E-state index is 0.207. The van der Waals surface area contributed by atoms with E-state index in [4.69, 9.17) is 15.7 Å². The molecule has 1 aliphatic rings. The maximum Gasteiger partial charge on any atom is 0.359 e. The summed E-state index contributed by atoms with van der Waals surface area (Å²) < 4.78 is 56.1. The molecule has 1 atom stereocenters. The molecule has 2 aromatic rings. The van der Waals surface area contributed by atoms with Crippen molar-refractivity contribution >= 4 is 17.0 Å². The van der Waals surface area contributed by atoms with Gasteiger partial charge in [0.2, 0.25) is 5.88 Å². The molecule has 0 aliphatic carbocycles. The number of hydrogen-bond acceptors (Lipinski definition) is 5. The number of anilines is 1. The van der Waals surface area contributed by atoms with E-state index in [-0.39, 0.29) is 5.88 Å². The number of rotatable bonds is 7. The van der Waals surface area contributed by atoms with Gasteiger partial charge in [0, 0.05) is 11.8 Å². The lowest BCUT2D eigenvalue weighted by Crippen LogP contribution is -2.41. The first-order chi connectivity index (χ1) is 12.3. The molecule has 2 N–H and O–H groups in total. The summed E-state index contributed by atoms with van der Waals surface area (Å²) in [5.41, 5.74) is -0.487. The van der Waals surface area contributed by atoms with Crippen LogP contribution in [-0.4, -0.2) is 36.7 Å². The van der Waals surface area contributed by atoms with Gasteiger partial charge in [-0.3, -0.25) is 9.27 Å². The Labute approximate surface area is 149 Å². The smallest absolute Gasteiger partial charge is 0.359 e. The molecule has 2 heterocycles. The lowest BCUT2D eigenvalue weighted by atomic mass is 10.1. The molecule has 1 aromatic carbocycles. The van der Waals surface area contributed by atoms with Gasteiger partial charge in [-0.25, -0.2) is 8.89 Å². The lowest BCUT2D eigenvalue weighted by Gasteiger charge is -2.18. The Hall–Kier alpha value is -2.84. The number of aromatic nitrogens is 2. The molecule has 3 rings (SSSR count). The summed E-state index contributed by atoms with van der Waals surface area (Å²) in [6, 6.07) is 7.92. The van der Waals surface area contributed by atoms with Gasteiger partial charge in [0.05, 0.1) is 11.4 Å². The maximum absolute atomic E-state index is 13.7. The highest BCUT2D eigenvalue weighted by atomic mass is 32.2. The fraction of sp³-hybridized carbons (Fsp3) is 0.267. The van der Waals surface area contributed by atoms with E-state index in [0.29, 0.717) is 17.1 Å². The molecule has 136 valence electrons. The quantitative estimate of drug-likeness (QED) is 0.568. The first-order valence-electron chi connectivity index (χ1n) is 7.23. The van der Waals surface area contributed by atoms with Gasteiger partial charge in [0.1, 0.15) is 6.61 Å². The molecule has 0 saturated heterocycles. The second-order valence-electron chi connectivity index (χ2n) is 5.46. The van der Waals surface area contributed by atoms with Crippen molar-refractivity contribution < 1.29 is 22.3 Å². The van der Waals surface area contributed by atoms with Crippen LogP contribution >= 0.6 is 0 Å². The van der Waals surface area contributed by atoms with Crippen LogP contribution in [0.1, 0.15) is 5.69 Å². The summed E-state index contributed by atoms with van der Waals surface area (Å²) in [6.45, 7) is 1.18. The highest BCUT2D eigenvalue weighted by Crippen LogP contribution is 2.43. The summed E-state index contributed by atoms with van der Waals surface area (Å²) in [4.78, 5) is 0. The first-order valence-corrected chi connectivity index (χ1v) is 8.34. The van der Waals surface area contributed by atoms with Gasteiger partial charge in [-0.15, -0.1) is 16.7 Å².